The number of carbonyl (C=O) groups is 1. The third-order valence-corrected chi connectivity index (χ3v) is 3.91. The van der Waals surface area contributed by atoms with Gasteiger partial charge in [0, 0.05) is 25.7 Å². The van der Waals surface area contributed by atoms with E-state index >= 15 is 0 Å². The molecule has 0 spiro atoms. The minimum Gasteiger partial charge on any atom is -0.484 e. The van der Waals surface area contributed by atoms with Gasteiger partial charge in [-0.3, -0.25) is 4.79 Å². The predicted octanol–water partition coefficient (Wildman–Crippen LogP) is 1.29. The van der Waals surface area contributed by atoms with E-state index in [4.69, 9.17) is 15.6 Å². The van der Waals surface area contributed by atoms with Crippen LogP contribution in [0.4, 0.5) is 0 Å². The molecule has 3 N–H and O–H groups in total. The molecule has 1 atom stereocenters. The molecule has 2 rings (SSSR count). The Morgan fingerprint density at radius 2 is 2.14 bits per heavy atom. The van der Waals surface area contributed by atoms with Gasteiger partial charge in [0.15, 0.2) is 6.61 Å². The number of aliphatic hydroxyl groups is 1. The fourth-order valence-corrected chi connectivity index (χ4v) is 2.74. The molecule has 21 heavy (non-hydrogen) atoms. The maximum Gasteiger partial charge on any atom is 0.260 e. The van der Waals surface area contributed by atoms with Gasteiger partial charge in [-0.15, -0.1) is 0 Å². The topological polar surface area (TPSA) is 75.8 Å². The standard InChI is InChI=1S/C16H24N2O3/c17-11-13-5-7-15(8-6-13)21-12-16(20)18-9-1-3-14(18)4-2-10-19/h5-8,14,19H,1-4,9-12,17H2. The molecular weight excluding hydrogens is 268 g/mol. The number of likely N-dealkylation sites (tertiary alicyclic amines) is 1. The van der Waals surface area contributed by atoms with Crippen LogP contribution in [0.15, 0.2) is 24.3 Å². The van der Waals surface area contributed by atoms with Crippen LogP contribution in [0, 0.1) is 0 Å². The summed E-state index contributed by atoms with van der Waals surface area (Å²) >= 11 is 0. The monoisotopic (exact) mass is 292 g/mol. The van der Waals surface area contributed by atoms with Crippen molar-refractivity contribution in [3.05, 3.63) is 29.8 Å². The van der Waals surface area contributed by atoms with Crippen molar-refractivity contribution >= 4 is 5.91 Å². The fourth-order valence-electron chi connectivity index (χ4n) is 2.74. The zero-order chi connectivity index (χ0) is 15.1. The largest absolute Gasteiger partial charge is 0.484 e. The van der Waals surface area contributed by atoms with Gasteiger partial charge in [0.05, 0.1) is 0 Å². The van der Waals surface area contributed by atoms with Gasteiger partial charge >= 0.3 is 0 Å². The molecule has 1 amide bonds. The third kappa shape index (κ3) is 4.44. The van der Waals surface area contributed by atoms with Crippen LogP contribution in [-0.2, 0) is 11.3 Å². The summed E-state index contributed by atoms with van der Waals surface area (Å²) in [6.45, 7) is 1.55. The Labute approximate surface area is 125 Å². The summed E-state index contributed by atoms with van der Waals surface area (Å²) in [5.41, 5.74) is 6.58. The number of benzene rings is 1. The highest BCUT2D eigenvalue weighted by atomic mass is 16.5. The lowest BCUT2D eigenvalue weighted by molar-refractivity contribution is -0.134. The molecule has 116 valence electrons. The first-order valence-corrected chi connectivity index (χ1v) is 7.56. The predicted molar refractivity (Wildman–Crippen MR) is 80.9 cm³/mol. The van der Waals surface area contributed by atoms with Crippen LogP contribution in [-0.4, -0.2) is 41.7 Å². The van der Waals surface area contributed by atoms with Crippen molar-refractivity contribution in [1.29, 1.82) is 0 Å². The molecule has 1 unspecified atom stereocenters. The van der Waals surface area contributed by atoms with Crippen LogP contribution in [0.5, 0.6) is 5.75 Å². The van der Waals surface area contributed by atoms with Crippen molar-refractivity contribution < 1.29 is 14.6 Å². The van der Waals surface area contributed by atoms with Gasteiger partial charge in [-0.05, 0) is 43.4 Å². The smallest absolute Gasteiger partial charge is 0.260 e. The lowest BCUT2D eigenvalue weighted by atomic mass is 10.1. The molecule has 1 saturated heterocycles. The highest BCUT2D eigenvalue weighted by molar-refractivity contribution is 5.78. The number of rotatable bonds is 7. The summed E-state index contributed by atoms with van der Waals surface area (Å²) < 4.78 is 5.55. The van der Waals surface area contributed by atoms with Crippen molar-refractivity contribution in [2.45, 2.75) is 38.3 Å². The van der Waals surface area contributed by atoms with Gasteiger partial charge in [0.1, 0.15) is 5.75 Å². The van der Waals surface area contributed by atoms with E-state index in [0.29, 0.717) is 12.3 Å². The van der Waals surface area contributed by atoms with Crippen LogP contribution in [0.1, 0.15) is 31.2 Å². The first kappa shape index (κ1) is 15.8. The summed E-state index contributed by atoms with van der Waals surface area (Å²) in [7, 11) is 0. The first-order chi connectivity index (χ1) is 10.2. The Balaban J connectivity index is 1.82. The molecule has 1 fully saturated rings. The second-order valence-electron chi connectivity index (χ2n) is 5.39. The summed E-state index contributed by atoms with van der Waals surface area (Å²) in [6.07, 6.45) is 3.67. The number of ether oxygens (including phenoxy) is 1. The lowest BCUT2D eigenvalue weighted by Gasteiger charge is -2.24. The van der Waals surface area contributed by atoms with Crippen LogP contribution >= 0.6 is 0 Å². The van der Waals surface area contributed by atoms with Crippen molar-refractivity contribution in [3.8, 4) is 5.75 Å². The molecule has 0 aliphatic carbocycles. The van der Waals surface area contributed by atoms with Gasteiger partial charge in [-0.1, -0.05) is 12.1 Å². The SMILES string of the molecule is NCc1ccc(OCC(=O)N2CCCC2CCCO)cc1. The second kappa shape index (κ2) is 8.00. The van der Waals surface area contributed by atoms with Crippen molar-refractivity contribution in [2.24, 2.45) is 5.73 Å². The van der Waals surface area contributed by atoms with E-state index < -0.39 is 0 Å². The second-order valence-corrected chi connectivity index (χ2v) is 5.39. The third-order valence-electron chi connectivity index (χ3n) is 3.91. The summed E-state index contributed by atoms with van der Waals surface area (Å²) in [5, 5.41) is 8.91. The van der Waals surface area contributed by atoms with Gasteiger partial charge in [-0.2, -0.15) is 0 Å². The number of hydrogen-bond acceptors (Lipinski definition) is 4. The highest BCUT2D eigenvalue weighted by Crippen LogP contribution is 2.21. The summed E-state index contributed by atoms with van der Waals surface area (Å²) in [6, 6.07) is 7.73. The Morgan fingerprint density at radius 3 is 2.81 bits per heavy atom. The van der Waals surface area contributed by atoms with Crippen molar-refractivity contribution in [1.82, 2.24) is 4.90 Å². The molecule has 1 aliphatic rings. The van der Waals surface area contributed by atoms with Crippen molar-refractivity contribution in [2.75, 3.05) is 19.8 Å². The van der Waals surface area contributed by atoms with Crippen LogP contribution in [0.25, 0.3) is 0 Å². The minimum atomic E-state index is 0.0262. The average molecular weight is 292 g/mol. The van der Waals surface area contributed by atoms with Gasteiger partial charge in [-0.25, -0.2) is 0 Å². The number of nitrogens with two attached hydrogens (primary N) is 1. The number of amides is 1. The van der Waals surface area contributed by atoms with Crippen LogP contribution in [0.2, 0.25) is 0 Å². The molecule has 0 saturated carbocycles. The molecule has 0 bridgehead atoms. The van der Waals surface area contributed by atoms with E-state index in [1.165, 1.54) is 0 Å². The molecule has 1 heterocycles. The molecule has 0 radical (unpaired) electrons. The maximum atomic E-state index is 12.2. The normalized spacial score (nSPS) is 18.0. The van der Waals surface area contributed by atoms with E-state index in [2.05, 4.69) is 0 Å². The van der Waals surface area contributed by atoms with E-state index in [-0.39, 0.29) is 25.2 Å². The lowest BCUT2D eigenvalue weighted by Crippen LogP contribution is -2.38. The molecule has 1 aromatic rings. The Hall–Kier alpha value is -1.59. The Bertz CT molecular complexity index is 447. The first-order valence-electron chi connectivity index (χ1n) is 7.56. The van der Waals surface area contributed by atoms with Crippen molar-refractivity contribution in [3.63, 3.8) is 0 Å². The Morgan fingerprint density at radius 1 is 1.38 bits per heavy atom. The van der Waals surface area contributed by atoms with Gasteiger partial charge < -0.3 is 20.5 Å². The van der Waals surface area contributed by atoms with Crippen LogP contribution < -0.4 is 10.5 Å². The van der Waals surface area contributed by atoms with E-state index in [1.54, 1.807) is 0 Å². The number of nitrogens with zero attached hydrogens (tertiary/aromatic N) is 1. The highest BCUT2D eigenvalue weighted by Gasteiger charge is 2.28. The average Bonchev–Trinajstić information content (AvgIpc) is 2.99. The van der Waals surface area contributed by atoms with E-state index in [1.807, 2.05) is 29.2 Å². The zero-order valence-electron chi connectivity index (χ0n) is 12.3. The number of carbonyl (C=O) groups excluding carboxylic acids is 1. The zero-order valence-corrected chi connectivity index (χ0v) is 12.3. The number of aliphatic hydroxyl groups excluding tert-OH is 1. The number of hydrogen-bond donors (Lipinski definition) is 2. The maximum absolute atomic E-state index is 12.2. The molecule has 5 heteroatoms. The van der Waals surface area contributed by atoms with E-state index in [0.717, 1.165) is 37.8 Å². The summed E-state index contributed by atoms with van der Waals surface area (Å²) in [5.74, 6) is 0.713. The fraction of sp³-hybridized carbons (Fsp3) is 0.562. The van der Waals surface area contributed by atoms with E-state index in [9.17, 15) is 4.79 Å². The van der Waals surface area contributed by atoms with Crippen LogP contribution in [0.3, 0.4) is 0 Å². The Kier molecular flexibility index (Phi) is 6.02. The molecule has 0 aromatic heterocycles. The van der Waals surface area contributed by atoms with Gasteiger partial charge in [0.25, 0.3) is 5.91 Å². The minimum absolute atomic E-state index is 0.0262. The molecular formula is C16H24N2O3. The van der Waals surface area contributed by atoms with Gasteiger partial charge in [0.2, 0.25) is 0 Å². The summed E-state index contributed by atoms with van der Waals surface area (Å²) in [4.78, 5) is 14.1. The quantitative estimate of drug-likeness (QED) is 0.794. The molecule has 5 nitrogen and oxygen atoms in total. The molecule has 1 aliphatic heterocycles. The molecule has 1 aromatic carbocycles.